The number of carbonyl (C=O) groups is 2. The number of esters is 1. The van der Waals surface area contributed by atoms with E-state index < -0.39 is 29.6 Å². The van der Waals surface area contributed by atoms with Gasteiger partial charge in [-0.05, 0) is 31.9 Å². The van der Waals surface area contributed by atoms with Gasteiger partial charge in [0.15, 0.2) is 17.7 Å². The molecule has 2 rings (SSSR count). The molecule has 1 amide bonds. The van der Waals surface area contributed by atoms with E-state index in [0.717, 1.165) is 12.1 Å². The quantitative estimate of drug-likeness (QED) is 0.746. The van der Waals surface area contributed by atoms with Crippen LogP contribution in [0.2, 0.25) is 5.15 Å². The van der Waals surface area contributed by atoms with Crippen LogP contribution in [-0.4, -0.2) is 27.8 Å². The van der Waals surface area contributed by atoms with Crippen LogP contribution in [0.3, 0.4) is 0 Å². The summed E-state index contributed by atoms with van der Waals surface area (Å²) < 4.78 is 32.8. The Hall–Kier alpha value is -2.48. The number of amides is 1. The van der Waals surface area contributed by atoms with Gasteiger partial charge in [0.25, 0.3) is 5.91 Å². The average molecular weight is 400 g/mol. The molecule has 0 saturated heterocycles. The van der Waals surface area contributed by atoms with Gasteiger partial charge < -0.3 is 10.1 Å². The van der Waals surface area contributed by atoms with Crippen molar-refractivity contribution < 1.29 is 23.1 Å². The van der Waals surface area contributed by atoms with E-state index in [1.54, 1.807) is 6.92 Å². The number of aryl methyl sites for hydroxylation is 1. The first-order chi connectivity index (χ1) is 12.6. The summed E-state index contributed by atoms with van der Waals surface area (Å²) in [5, 5.41) is 6.70. The molecule has 1 atom stereocenters. The van der Waals surface area contributed by atoms with Crippen LogP contribution in [0.5, 0.6) is 0 Å². The molecule has 1 aromatic heterocycles. The van der Waals surface area contributed by atoms with Gasteiger partial charge in [-0.3, -0.25) is 9.48 Å². The maximum atomic E-state index is 13.2. The average Bonchev–Trinajstić information content (AvgIpc) is 2.84. The fourth-order valence-corrected chi connectivity index (χ4v) is 2.66. The third kappa shape index (κ3) is 5.03. The van der Waals surface area contributed by atoms with E-state index in [1.807, 2.05) is 13.8 Å². The molecule has 1 N–H and O–H groups in total. The molecule has 6 nitrogen and oxygen atoms in total. The van der Waals surface area contributed by atoms with E-state index in [4.69, 9.17) is 16.3 Å². The summed E-state index contributed by atoms with van der Waals surface area (Å²) in [6.07, 6.45) is -1.19. The highest BCUT2D eigenvalue weighted by molar-refractivity contribution is 6.32. The van der Waals surface area contributed by atoms with Crippen LogP contribution in [0.4, 0.5) is 14.5 Å². The predicted molar refractivity (Wildman–Crippen MR) is 96.7 cm³/mol. The third-order valence-electron chi connectivity index (χ3n) is 3.65. The first kappa shape index (κ1) is 20.8. The van der Waals surface area contributed by atoms with Crippen molar-refractivity contribution >= 4 is 29.2 Å². The van der Waals surface area contributed by atoms with Crippen LogP contribution >= 0.6 is 11.6 Å². The molecule has 0 aliphatic heterocycles. The molecule has 2 aromatic rings. The van der Waals surface area contributed by atoms with E-state index in [9.17, 15) is 18.4 Å². The second-order valence-corrected chi connectivity index (χ2v) is 6.85. The van der Waals surface area contributed by atoms with E-state index in [-0.39, 0.29) is 22.3 Å². The van der Waals surface area contributed by atoms with Crippen LogP contribution in [0.15, 0.2) is 18.2 Å². The Balaban J connectivity index is 2.07. The summed E-state index contributed by atoms with van der Waals surface area (Å²) in [4.78, 5) is 24.5. The van der Waals surface area contributed by atoms with E-state index >= 15 is 0 Å². The number of hydrogen-bond donors (Lipinski definition) is 1. The Morgan fingerprint density at radius 1 is 1.26 bits per heavy atom. The lowest BCUT2D eigenvalue weighted by Crippen LogP contribution is -2.30. The van der Waals surface area contributed by atoms with Crippen LogP contribution < -0.4 is 5.32 Å². The number of benzene rings is 1. The molecule has 146 valence electrons. The maximum absolute atomic E-state index is 13.2. The molecule has 0 unspecified atom stereocenters. The van der Waals surface area contributed by atoms with E-state index in [2.05, 4.69) is 10.4 Å². The molecule has 0 fully saturated rings. The number of nitrogens with one attached hydrogen (secondary N) is 1. The van der Waals surface area contributed by atoms with Crippen molar-refractivity contribution in [2.45, 2.75) is 40.3 Å². The maximum Gasteiger partial charge on any atom is 0.343 e. The van der Waals surface area contributed by atoms with Gasteiger partial charge in [0, 0.05) is 18.3 Å². The van der Waals surface area contributed by atoms with Crippen molar-refractivity contribution in [3.63, 3.8) is 0 Å². The highest BCUT2D eigenvalue weighted by Crippen LogP contribution is 2.22. The molecule has 0 aliphatic carbocycles. The fraction of sp³-hybridized carbons (Fsp3) is 0.389. The van der Waals surface area contributed by atoms with Crippen molar-refractivity contribution in [2.24, 2.45) is 5.92 Å². The van der Waals surface area contributed by atoms with Gasteiger partial charge in [-0.1, -0.05) is 25.4 Å². The second kappa shape index (κ2) is 8.47. The Morgan fingerprint density at radius 3 is 2.52 bits per heavy atom. The van der Waals surface area contributed by atoms with Crippen molar-refractivity contribution in [1.29, 1.82) is 0 Å². The van der Waals surface area contributed by atoms with Gasteiger partial charge in [-0.15, -0.1) is 0 Å². The molecular formula is C18H20ClF2N3O3. The number of ether oxygens (including phenoxy) is 1. The smallest absolute Gasteiger partial charge is 0.343 e. The predicted octanol–water partition coefficient (Wildman–Crippen LogP) is 3.96. The van der Waals surface area contributed by atoms with Crippen LogP contribution in [0.25, 0.3) is 0 Å². The standard InChI is InChI=1S/C18H20ClF2N3O3/c1-9(2)8-24-16(19)15(10(3)23-24)18(26)27-11(4)17(25)22-12-5-6-13(20)14(21)7-12/h5-7,9,11H,8H2,1-4H3,(H,22,25)/t11-/m0/s1. The summed E-state index contributed by atoms with van der Waals surface area (Å²) >= 11 is 6.22. The highest BCUT2D eigenvalue weighted by Gasteiger charge is 2.26. The van der Waals surface area contributed by atoms with Gasteiger partial charge in [-0.2, -0.15) is 5.10 Å². The fourth-order valence-electron chi connectivity index (χ4n) is 2.34. The number of aromatic nitrogens is 2. The Morgan fingerprint density at radius 2 is 1.93 bits per heavy atom. The van der Waals surface area contributed by atoms with Gasteiger partial charge in [0.2, 0.25) is 0 Å². The number of hydrogen-bond acceptors (Lipinski definition) is 4. The van der Waals surface area contributed by atoms with Crippen LogP contribution in [0.1, 0.15) is 36.8 Å². The van der Waals surface area contributed by atoms with Gasteiger partial charge >= 0.3 is 5.97 Å². The molecule has 0 spiro atoms. The van der Waals surface area contributed by atoms with Crippen molar-refractivity contribution in [1.82, 2.24) is 9.78 Å². The first-order valence-electron chi connectivity index (χ1n) is 8.30. The zero-order valence-electron chi connectivity index (χ0n) is 15.3. The zero-order valence-corrected chi connectivity index (χ0v) is 16.1. The highest BCUT2D eigenvalue weighted by atomic mass is 35.5. The lowest BCUT2D eigenvalue weighted by atomic mass is 10.2. The lowest BCUT2D eigenvalue weighted by molar-refractivity contribution is -0.123. The topological polar surface area (TPSA) is 73.2 Å². The largest absolute Gasteiger partial charge is 0.449 e. The molecule has 9 heteroatoms. The second-order valence-electron chi connectivity index (χ2n) is 6.49. The number of halogens is 3. The Bertz CT molecular complexity index is 868. The van der Waals surface area contributed by atoms with Gasteiger partial charge in [0.1, 0.15) is 10.7 Å². The number of carbonyl (C=O) groups excluding carboxylic acids is 2. The summed E-state index contributed by atoms with van der Waals surface area (Å²) in [6.45, 7) is 7.46. The molecule has 0 aliphatic rings. The van der Waals surface area contributed by atoms with Crippen molar-refractivity contribution in [3.05, 3.63) is 46.2 Å². The molecule has 1 aromatic carbocycles. The van der Waals surface area contributed by atoms with Gasteiger partial charge in [-0.25, -0.2) is 13.6 Å². The molecule has 27 heavy (non-hydrogen) atoms. The first-order valence-corrected chi connectivity index (χ1v) is 8.67. The summed E-state index contributed by atoms with van der Waals surface area (Å²) in [5.74, 6) is -3.35. The van der Waals surface area contributed by atoms with E-state index in [1.165, 1.54) is 17.7 Å². The monoisotopic (exact) mass is 399 g/mol. The number of nitrogens with zero attached hydrogens (tertiary/aromatic N) is 2. The minimum atomic E-state index is -1.19. The Kier molecular flexibility index (Phi) is 6.54. The Labute approximate surface area is 160 Å². The lowest BCUT2D eigenvalue weighted by Gasteiger charge is -2.14. The molecule has 0 bridgehead atoms. The normalized spacial score (nSPS) is 12.1. The zero-order chi connectivity index (χ0) is 20.3. The van der Waals surface area contributed by atoms with Gasteiger partial charge in [0.05, 0.1) is 5.69 Å². The minimum absolute atomic E-state index is 0.0424. The van der Waals surface area contributed by atoms with Crippen molar-refractivity contribution in [3.8, 4) is 0 Å². The number of rotatable bonds is 6. The SMILES string of the molecule is Cc1nn(CC(C)C)c(Cl)c1C(=O)O[C@@H](C)C(=O)Nc1ccc(F)c(F)c1. The minimum Gasteiger partial charge on any atom is -0.449 e. The molecule has 0 saturated carbocycles. The third-order valence-corrected chi connectivity index (χ3v) is 4.03. The van der Waals surface area contributed by atoms with Crippen LogP contribution in [-0.2, 0) is 16.1 Å². The van der Waals surface area contributed by atoms with Crippen molar-refractivity contribution in [2.75, 3.05) is 5.32 Å². The number of anilines is 1. The summed E-state index contributed by atoms with van der Waals surface area (Å²) in [6, 6.07) is 2.91. The molecule has 0 radical (unpaired) electrons. The summed E-state index contributed by atoms with van der Waals surface area (Å²) in [5.41, 5.74) is 0.518. The molecule has 1 heterocycles. The molecular weight excluding hydrogens is 380 g/mol. The summed E-state index contributed by atoms with van der Waals surface area (Å²) in [7, 11) is 0. The van der Waals surface area contributed by atoms with E-state index in [0.29, 0.717) is 12.2 Å². The van der Waals surface area contributed by atoms with Crippen LogP contribution in [0, 0.1) is 24.5 Å².